The topological polar surface area (TPSA) is 71.0 Å². The van der Waals surface area contributed by atoms with E-state index in [9.17, 15) is 9.59 Å². The Labute approximate surface area is 108 Å². The highest BCUT2D eigenvalue weighted by Crippen LogP contribution is 2.03. The SMILES string of the molecule is Cc1csc(=O)n1CC(=O)N(C)Cc1cn[nH]c1. The molecule has 0 saturated carbocycles. The molecule has 1 amide bonds. The van der Waals surface area contributed by atoms with E-state index in [-0.39, 0.29) is 17.3 Å². The molecule has 18 heavy (non-hydrogen) atoms. The predicted molar refractivity (Wildman–Crippen MR) is 68.4 cm³/mol. The van der Waals surface area contributed by atoms with Crippen molar-refractivity contribution in [3.63, 3.8) is 0 Å². The molecule has 0 saturated heterocycles. The van der Waals surface area contributed by atoms with Gasteiger partial charge in [-0.3, -0.25) is 19.3 Å². The summed E-state index contributed by atoms with van der Waals surface area (Å²) in [7, 11) is 1.71. The molecule has 0 aliphatic carbocycles. The van der Waals surface area contributed by atoms with Crippen LogP contribution in [-0.4, -0.2) is 32.6 Å². The third-order valence-electron chi connectivity index (χ3n) is 2.67. The minimum atomic E-state index is -0.0995. The number of aryl methyl sites for hydroxylation is 1. The summed E-state index contributed by atoms with van der Waals surface area (Å²) in [6.07, 6.45) is 3.41. The first kappa shape index (κ1) is 12.6. The van der Waals surface area contributed by atoms with Crippen LogP contribution in [0.1, 0.15) is 11.3 Å². The maximum atomic E-state index is 12.0. The molecule has 0 bridgehead atoms. The van der Waals surface area contributed by atoms with Gasteiger partial charge in [0.15, 0.2) is 0 Å². The zero-order valence-electron chi connectivity index (χ0n) is 10.2. The van der Waals surface area contributed by atoms with E-state index in [0.29, 0.717) is 6.54 Å². The summed E-state index contributed by atoms with van der Waals surface area (Å²) in [6.45, 7) is 2.39. The Morgan fingerprint density at radius 1 is 1.61 bits per heavy atom. The molecule has 2 rings (SSSR count). The lowest BCUT2D eigenvalue weighted by Gasteiger charge is -2.16. The number of hydrogen-bond donors (Lipinski definition) is 1. The number of thiazole rings is 1. The van der Waals surface area contributed by atoms with E-state index in [1.54, 1.807) is 29.7 Å². The number of amides is 1. The molecule has 0 atom stereocenters. The highest BCUT2D eigenvalue weighted by Gasteiger charge is 2.13. The fourth-order valence-electron chi connectivity index (χ4n) is 1.58. The third kappa shape index (κ3) is 2.67. The van der Waals surface area contributed by atoms with Crippen molar-refractivity contribution in [2.24, 2.45) is 0 Å². The Kier molecular flexibility index (Phi) is 3.61. The van der Waals surface area contributed by atoms with Crippen LogP contribution in [-0.2, 0) is 17.9 Å². The van der Waals surface area contributed by atoms with Crippen LogP contribution in [0, 0.1) is 6.92 Å². The van der Waals surface area contributed by atoms with Crippen molar-refractivity contribution in [3.8, 4) is 0 Å². The van der Waals surface area contributed by atoms with Crippen LogP contribution in [0.5, 0.6) is 0 Å². The van der Waals surface area contributed by atoms with Gasteiger partial charge in [0, 0.05) is 36.4 Å². The highest BCUT2D eigenvalue weighted by molar-refractivity contribution is 7.07. The van der Waals surface area contributed by atoms with Gasteiger partial charge in [0.2, 0.25) is 5.91 Å². The number of nitrogens with one attached hydrogen (secondary N) is 1. The second-order valence-corrected chi connectivity index (χ2v) is 4.91. The Bertz CT molecular complexity index is 584. The minimum Gasteiger partial charge on any atom is -0.340 e. The van der Waals surface area contributed by atoms with Crippen LogP contribution in [0.2, 0.25) is 0 Å². The molecule has 96 valence electrons. The molecule has 0 aromatic carbocycles. The van der Waals surface area contributed by atoms with Gasteiger partial charge in [0.25, 0.3) is 0 Å². The number of rotatable bonds is 4. The van der Waals surface area contributed by atoms with Crippen LogP contribution in [0.15, 0.2) is 22.6 Å². The van der Waals surface area contributed by atoms with E-state index in [4.69, 9.17) is 0 Å². The summed E-state index contributed by atoms with van der Waals surface area (Å²) in [5.74, 6) is -0.0974. The predicted octanol–water partition coefficient (Wildman–Crippen LogP) is 0.600. The molecule has 0 fully saturated rings. The number of carbonyl (C=O) groups excluding carboxylic acids is 1. The van der Waals surface area contributed by atoms with Crippen molar-refractivity contribution in [2.45, 2.75) is 20.0 Å². The second kappa shape index (κ2) is 5.18. The fraction of sp³-hybridized carbons (Fsp3) is 0.364. The monoisotopic (exact) mass is 266 g/mol. The van der Waals surface area contributed by atoms with Gasteiger partial charge >= 0.3 is 4.87 Å². The molecule has 0 spiro atoms. The fourth-order valence-corrected chi connectivity index (χ4v) is 2.31. The van der Waals surface area contributed by atoms with Gasteiger partial charge < -0.3 is 4.90 Å². The first-order valence-corrected chi connectivity index (χ1v) is 6.32. The maximum Gasteiger partial charge on any atom is 0.307 e. The normalized spacial score (nSPS) is 10.6. The van der Waals surface area contributed by atoms with E-state index in [0.717, 1.165) is 22.6 Å². The largest absolute Gasteiger partial charge is 0.340 e. The molecule has 6 nitrogen and oxygen atoms in total. The summed E-state index contributed by atoms with van der Waals surface area (Å²) in [4.78, 5) is 25.0. The van der Waals surface area contributed by atoms with Crippen LogP contribution in [0.3, 0.4) is 0 Å². The van der Waals surface area contributed by atoms with Crippen LogP contribution in [0.4, 0.5) is 0 Å². The minimum absolute atomic E-state index is 0.0858. The van der Waals surface area contributed by atoms with Gasteiger partial charge in [0.05, 0.1) is 6.20 Å². The smallest absolute Gasteiger partial charge is 0.307 e. The molecule has 0 unspecified atom stereocenters. The quantitative estimate of drug-likeness (QED) is 0.881. The van der Waals surface area contributed by atoms with Crippen molar-refractivity contribution < 1.29 is 4.79 Å². The number of nitrogens with zero attached hydrogens (tertiary/aromatic N) is 3. The van der Waals surface area contributed by atoms with Crippen molar-refractivity contribution >= 4 is 17.2 Å². The van der Waals surface area contributed by atoms with Crippen molar-refractivity contribution in [3.05, 3.63) is 38.7 Å². The summed E-state index contributed by atoms with van der Waals surface area (Å²) >= 11 is 1.11. The maximum absolute atomic E-state index is 12.0. The summed E-state index contributed by atoms with van der Waals surface area (Å²) in [5, 5.41) is 8.27. The van der Waals surface area contributed by atoms with E-state index in [1.807, 2.05) is 6.92 Å². The number of hydrogen-bond acceptors (Lipinski definition) is 4. The molecule has 7 heteroatoms. The zero-order valence-corrected chi connectivity index (χ0v) is 11.0. The Morgan fingerprint density at radius 3 is 2.94 bits per heavy atom. The molecule has 1 N–H and O–H groups in total. The Hall–Kier alpha value is -1.89. The van der Waals surface area contributed by atoms with Gasteiger partial charge in [0.1, 0.15) is 6.54 Å². The lowest BCUT2D eigenvalue weighted by atomic mass is 10.3. The number of H-pyrrole nitrogens is 1. The van der Waals surface area contributed by atoms with E-state index < -0.39 is 0 Å². The third-order valence-corrected chi connectivity index (χ3v) is 3.55. The van der Waals surface area contributed by atoms with Gasteiger partial charge in [-0.15, -0.1) is 0 Å². The molecule has 0 aliphatic rings. The van der Waals surface area contributed by atoms with Crippen LogP contribution in [0.25, 0.3) is 0 Å². The van der Waals surface area contributed by atoms with Crippen LogP contribution >= 0.6 is 11.3 Å². The van der Waals surface area contributed by atoms with Gasteiger partial charge in [-0.2, -0.15) is 5.10 Å². The zero-order chi connectivity index (χ0) is 13.1. The summed E-state index contributed by atoms with van der Waals surface area (Å²) in [5.41, 5.74) is 1.75. The van der Waals surface area contributed by atoms with Crippen molar-refractivity contribution in [1.82, 2.24) is 19.7 Å². The Morgan fingerprint density at radius 2 is 2.39 bits per heavy atom. The number of aromatic amines is 1. The van der Waals surface area contributed by atoms with E-state index in [1.165, 1.54) is 4.57 Å². The van der Waals surface area contributed by atoms with Crippen molar-refractivity contribution in [2.75, 3.05) is 7.05 Å². The molecule has 0 aliphatic heterocycles. The first-order chi connectivity index (χ1) is 8.58. The van der Waals surface area contributed by atoms with E-state index in [2.05, 4.69) is 10.2 Å². The molecular weight excluding hydrogens is 252 g/mol. The Balaban J connectivity index is 2.02. The summed E-state index contributed by atoms with van der Waals surface area (Å²) < 4.78 is 1.48. The van der Waals surface area contributed by atoms with Crippen molar-refractivity contribution in [1.29, 1.82) is 0 Å². The van der Waals surface area contributed by atoms with Gasteiger partial charge in [-0.05, 0) is 6.92 Å². The highest BCUT2D eigenvalue weighted by atomic mass is 32.1. The van der Waals surface area contributed by atoms with E-state index >= 15 is 0 Å². The van der Waals surface area contributed by atoms with Gasteiger partial charge in [-0.25, -0.2) is 0 Å². The lowest BCUT2D eigenvalue weighted by molar-refractivity contribution is -0.131. The number of carbonyl (C=O) groups is 1. The number of likely N-dealkylation sites (N-methyl/N-ethyl adjacent to an activating group) is 1. The molecule has 2 heterocycles. The average molecular weight is 266 g/mol. The van der Waals surface area contributed by atoms with Gasteiger partial charge in [-0.1, -0.05) is 11.3 Å². The molecule has 2 aromatic heterocycles. The summed E-state index contributed by atoms with van der Waals surface area (Å²) in [6, 6.07) is 0. The standard InChI is InChI=1S/C11H14N4O2S/c1-8-7-18-11(17)15(8)6-10(16)14(2)5-9-3-12-13-4-9/h3-4,7H,5-6H2,1-2H3,(H,12,13). The molecular formula is C11H14N4O2S. The molecule has 2 aromatic rings. The lowest BCUT2D eigenvalue weighted by Crippen LogP contribution is -2.32. The molecule has 0 radical (unpaired) electrons. The average Bonchev–Trinajstić information content (AvgIpc) is 2.94. The number of aromatic nitrogens is 3. The second-order valence-electron chi connectivity index (χ2n) is 4.09. The van der Waals surface area contributed by atoms with Crippen LogP contribution < -0.4 is 4.87 Å². The first-order valence-electron chi connectivity index (χ1n) is 5.44.